The zero-order valence-corrected chi connectivity index (χ0v) is 15.6. The van der Waals surface area contributed by atoms with Crippen molar-refractivity contribution in [1.29, 1.82) is 0 Å². The predicted octanol–water partition coefficient (Wildman–Crippen LogP) is 4.42. The fourth-order valence-electron chi connectivity index (χ4n) is 3.41. The molecule has 0 unspecified atom stereocenters. The van der Waals surface area contributed by atoms with Gasteiger partial charge in [-0.25, -0.2) is 0 Å². The van der Waals surface area contributed by atoms with Crippen molar-refractivity contribution in [1.82, 2.24) is 0 Å². The van der Waals surface area contributed by atoms with Crippen molar-refractivity contribution in [3.8, 4) is 0 Å². The second-order valence-corrected chi connectivity index (χ2v) is 13.2. The van der Waals surface area contributed by atoms with Crippen molar-refractivity contribution in [2.45, 2.75) is 70.4 Å². The van der Waals surface area contributed by atoms with Crippen LogP contribution in [-0.4, -0.2) is 33.7 Å². The smallest absolute Gasteiger partial charge is 0.192 e. The van der Waals surface area contributed by atoms with Gasteiger partial charge in [-0.3, -0.25) is 0 Å². The van der Waals surface area contributed by atoms with E-state index in [1.807, 2.05) is 6.26 Å². The largest absolute Gasteiger partial charge is 0.493 e. The lowest BCUT2D eigenvalue weighted by molar-refractivity contribution is -0.0850. The summed E-state index contributed by atoms with van der Waals surface area (Å²) in [5.74, 6) is 0.410. The standard InChI is InChI=1S/C18H30O3Si/c1-18(2,3)22(4,5)21-12-16-17-15(9-10-19-16)14-8-6-7-13(14)11-20-17/h9-10,15-17H,6-8,11-12H2,1-5H3/t15-,16+,17+/m1/s1. The van der Waals surface area contributed by atoms with Crippen molar-refractivity contribution in [3.05, 3.63) is 23.5 Å². The summed E-state index contributed by atoms with van der Waals surface area (Å²) >= 11 is 0. The first-order chi connectivity index (χ1) is 10.3. The van der Waals surface area contributed by atoms with Crippen LogP contribution in [0.5, 0.6) is 0 Å². The molecule has 3 aliphatic rings. The summed E-state index contributed by atoms with van der Waals surface area (Å²) in [4.78, 5) is 0. The molecule has 0 amide bonds. The molecule has 3 nitrogen and oxygen atoms in total. The van der Waals surface area contributed by atoms with Gasteiger partial charge in [-0.05, 0) is 49.0 Å². The fraction of sp³-hybridized carbons (Fsp3) is 0.778. The number of hydrogen-bond donors (Lipinski definition) is 0. The Morgan fingerprint density at radius 3 is 2.77 bits per heavy atom. The van der Waals surface area contributed by atoms with E-state index in [1.54, 1.807) is 5.57 Å². The first-order valence-corrected chi connectivity index (χ1v) is 11.5. The van der Waals surface area contributed by atoms with Gasteiger partial charge in [0, 0.05) is 5.92 Å². The molecule has 124 valence electrons. The van der Waals surface area contributed by atoms with Crippen LogP contribution in [0.2, 0.25) is 18.1 Å². The Morgan fingerprint density at radius 2 is 2.05 bits per heavy atom. The molecule has 0 aromatic heterocycles. The van der Waals surface area contributed by atoms with Gasteiger partial charge in [0.2, 0.25) is 0 Å². The quantitative estimate of drug-likeness (QED) is 0.569. The molecule has 0 bridgehead atoms. The molecule has 3 atom stereocenters. The topological polar surface area (TPSA) is 27.7 Å². The van der Waals surface area contributed by atoms with E-state index in [2.05, 4.69) is 39.9 Å². The van der Waals surface area contributed by atoms with E-state index < -0.39 is 8.32 Å². The summed E-state index contributed by atoms with van der Waals surface area (Å²) in [6.07, 6.45) is 7.96. The Kier molecular flexibility index (Phi) is 4.30. The Balaban J connectivity index is 1.68. The molecule has 1 aliphatic carbocycles. The van der Waals surface area contributed by atoms with Gasteiger partial charge >= 0.3 is 0 Å². The zero-order valence-electron chi connectivity index (χ0n) is 14.6. The van der Waals surface area contributed by atoms with Crippen LogP contribution < -0.4 is 0 Å². The van der Waals surface area contributed by atoms with E-state index in [0.29, 0.717) is 12.5 Å². The molecule has 0 fully saturated rings. The fourth-order valence-corrected chi connectivity index (χ4v) is 4.42. The zero-order chi connectivity index (χ0) is 16.0. The highest BCUT2D eigenvalue weighted by Crippen LogP contribution is 2.42. The SMILES string of the molecule is CC(C)(C)[Si](C)(C)OC[C@@H]1OC=C[C@@H]2C3=C(CCC3)CO[C@H]12. The highest BCUT2D eigenvalue weighted by atomic mass is 28.4. The lowest BCUT2D eigenvalue weighted by Gasteiger charge is -2.42. The van der Waals surface area contributed by atoms with Gasteiger partial charge in [0.25, 0.3) is 0 Å². The Morgan fingerprint density at radius 1 is 1.27 bits per heavy atom. The van der Waals surface area contributed by atoms with Crippen LogP contribution >= 0.6 is 0 Å². The van der Waals surface area contributed by atoms with Crippen molar-refractivity contribution in [2.24, 2.45) is 5.92 Å². The van der Waals surface area contributed by atoms with Crippen LogP contribution in [0.1, 0.15) is 40.0 Å². The van der Waals surface area contributed by atoms with Crippen molar-refractivity contribution >= 4 is 8.32 Å². The van der Waals surface area contributed by atoms with Gasteiger partial charge < -0.3 is 13.9 Å². The lowest BCUT2D eigenvalue weighted by atomic mass is 9.85. The second-order valence-electron chi connectivity index (χ2n) is 8.36. The Hall–Kier alpha value is -0.583. The van der Waals surface area contributed by atoms with Crippen LogP contribution in [0.15, 0.2) is 23.5 Å². The van der Waals surface area contributed by atoms with Crippen LogP contribution in [0.3, 0.4) is 0 Å². The molecular formula is C18H30O3Si. The second kappa shape index (κ2) is 5.80. The number of ether oxygens (including phenoxy) is 2. The molecule has 3 rings (SSSR count). The average Bonchev–Trinajstić information content (AvgIpc) is 2.92. The van der Waals surface area contributed by atoms with Gasteiger partial charge in [-0.15, -0.1) is 0 Å². The van der Waals surface area contributed by atoms with E-state index >= 15 is 0 Å². The molecule has 0 saturated heterocycles. The van der Waals surface area contributed by atoms with Gasteiger partial charge in [0.1, 0.15) is 12.2 Å². The maximum atomic E-state index is 6.38. The first-order valence-electron chi connectivity index (χ1n) is 8.58. The first kappa shape index (κ1) is 16.3. The van der Waals surface area contributed by atoms with Crippen LogP contribution in [0, 0.1) is 5.92 Å². The molecule has 0 aromatic rings. The van der Waals surface area contributed by atoms with Crippen LogP contribution in [0.25, 0.3) is 0 Å². The molecule has 2 aliphatic heterocycles. The minimum atomic E-state index is -1.74. The minimum Gasteiger partial charge on any atom is -0.493 e. The highest BCUT2D eigenvalue weighted by Gasteiger charge is 2.43. The average molecular weight is 323 g/mol. The van der Waals surface area contributed by atoms with E-state index in [9.17, 15) is 0 Å². The van der Waals surface area contributed by atoms with Crippen molar-refractivity contribution in [3.63, 3.8) is 0 Å². The van der Waals surface area contributed by atoms with E-state index in [-0.39, 0.29) is 17.2 Å². The predicted molar refractivity (Wildman–Crippen MR) is 91.3 cm³/mol. The molecule has 0 radical (unpaired) electrons. The van der Waals surface area contributed by atoms with Gasteiger partial charge in [0.15, 0.2) is 8.32 Å². The summed E-state index contributed by atoms with van der Waals surface area (Å²) in [7, 11) is -1.74. The third-order valence-electron chi connectivity index (χ3n) is 5.91. The molecule has 4 heteroatoms. The molecule has 2 heterocycles. The minimum absolute atomic E-state index is 0.0266. The van der Waals surface area contributed by atoms with Crippen LogP contribution in [0.4, 0.5) is 0 Å². The third-order valence-corrected chi connectivity index (χ3v) is 10.4. The molecule has 0 N–H and O–H groups in total. The maximum absolute atomic E-state index is 6.38. The van der Waals surface area contributed by atoms with Crippen molar-refractivity contribution < 1.29 is 13.9 Å². The normalized spacial score (nSPS) is 31.8. The van der Waals surface area contributed by atoms with E-state index in [1.165, 1.54) is 24.8 Å². The summed E-state index contributed by atoms with van der Waals surface area (Å²) in [6, 6.07) is 0. The highest BCUT2D eigenvalue weighted by molar-refractivity contribution is 6.74. The molecule has 22 heavy (non-hydrogen) atoms. The summed E-state index contributed by atoms with van der Waals surface area (Å²) in [5, 5.41) is 0.228. The van der Waals surface area contributed by atoms with Gasteiger partial charge in [-0.2, -0.15) is 0 Å². The maximum Gasteiger partial charge on any atom is 0.192 e. The van der Waals surface area contributed by atoms with Crippen molar-refractivity contribution in [2.75, 3.05) is 13.2 Å². The van der Waals surface area contributed by atoms with Gasteiger partial charge in [-0.1, -0.05) is 26.3 Å². The summed E-state index contributed by atoms with van der Waals surface area (Å²) in [5.41, 5.74) is 3.16. The molecule has 0 aromatic carbocycles. The van der Waals surface area contributed by atoms with E-state index in [4.69, 9.17) is 13.9 Å². The van der Waals surface area contributed by atoms with Crippen LogP contribution in [-0.2, 0) is 13.9 Å². The third kappa shape index (κ3) is 2.93. The molecule has 0 spiro atoms. The Bertz CT molecular complexity index is 487. The number of hydrogen-bond acceptors (Lipinski definition) is 3. The molecule has 0 saturated carbocycles. The molecular weight excluding hydrogens is 292 g/mol. The van der Waals surface area contributed by atoms with Gasteiger partial charge in [0.05, 0.1) is 19.5 Å². The number of rotatable bonds is 3. The summed E-state index contributed by atoms with van der Waals surface area (Å²) < 4.78 is 18.4. The summed E-state index contributed by atoms with van der Waals surface area (Å²) in [6.45, 7) is 12.9. The number of fused-ring (bicyclic) bond motifs is 2. The van der Waals surface area contributed by atoms with E-state index in [0.717, 1.165) is 6.61 Å². The Labute approximate surface area is 135 Å². The monoisotopic (exact) mass is 322 g/mol. The lowest BCUT2D eigenvalue weighted by Crippen LogP contribution is -2.49.